The molecule has 2 heteroatoms. The second-order valence-corrected chi connectivity index (χ2v) is 4.73. The zero-order valence-corrected chi connectivity index (χ0v) is 8.95. The first-order valence-corrected chi connectivity index (χ1v) is 6.01. The zero-order valence-electron chi connectivity index (χ0n) is 8.95. The summed E-state index contributed by atoms with van der Waals surface area (Å²) in [4.78, 5) is 0. The van der Waals surface area contributed by atoms with Gasteiger partial charge in [-0.05, 0) is 24.3 Å². The van der Waals surface area contributed by atoms with E-state index in [2.05, 4.69) is 41.2 Å². The van der Waals surface area contributed by atoms with Crippen LogP contribution in [0.3, 0.4) is 0 Å². The lowest BCUT2D eigenvalue weighted by atomic mass is 9.80. The smallest absolute Gasteiger partial charge is 0.0505 e. The van der Waals surface area contributed by atoms with Gasteiger partial charge in [-0.25, -0.2) is 5.43 Å². The van der Waals surface area contributed by atoms with Crippen LogP contribution in [0.25, 0.3) is 0 Å². The Bertz CT molecular complexity index is 323. The van der Waals surface area contributed by atoms with Crippen LogP contribution in [-0.2, 0) is 0 Å². The minimum atomic E-state index is 0.525. The number of hydrogen-bond acceptors (Lipinski definition) is 2. The van der Waals surface area contributed by atoms with Crippen molar-refractivity contribution in [2.75, 3.05) is 0 Å². The molecule has 3 unspecified atom stereocenters. The Morgan fingerprint density at radius 3 is 2.60 bits per heavy atom. The van der Waals surface area contributed by atoms with Crippen LogP contribution < -0.4 is 10.9 Å². The van der Waals surface area contributed by atoms with Gasteiger partial charge < -0.3 is 0 Å². The maximum atomic E-state index is 3.46. The largest absolute Gasteiger partial charge is 0.254 e. The Morgan fingerprint density at radius 2 is 1.73 bits per heavy atom. The first kappa shape index (κ1) is 9.37. The highest BCUT2D eigenvalue weighted by Crippen LogP contribution is 2.37. The molecule has 3 atom stereocenters. The van der Waals surface area contributed by atoms with Crippen LogP contribution in [0.4, 0.5) is 0 Å². The normalized spacial score (nSPS) is 35.1. The van der Waals surface area contributed by atoms with Crippen LogP contribution in [0, 0.1) is 5.92 Å². The molecule has 80 valence electrons. The molecule has 2 aliphatic rings. The molecule has 2 nitrogen and oxygen atoms in total. The van der Waals surface area contributed by atoms with E-state index in [0.29, 0.717) is 12.1 Å². The molecule has 15 heavy (non-hydrogen) atoms. The van der Waals surface area contributed by atoms with Gasteiger partial charge in [-0.3, -0.25) is 5.43 Å². The van der Waals surface area contributed by atoms with Gasteiger partial charge in [0.25, 0.3) is 0 Å². The van der Waals surface area contributed by atoms with Gasteiger partial charge in [0.05, 0.1) is 6.04 Å². The third-order valence-electron chi connectivity index (χ3n) is 3.83. The molecule has 2 fully saturated rings. The summed E-state index contributed by atoms with van der Waals surface area (Å²) in [7, 11) is 0. The minimum absolute atomic E-state index is 0.525. The maximum absolute atomic E-state index is 3.46. The summed E-state index contributed by atoms with van der Waals surface area (Å²) in [5.41, 5.74) is 8.35. The second kappa shape index (κ2) is 3.95. The Morgan fingerprint density at radius 1 is 0.933 bits per heavy atom. The summed E-state index contributed by atoms with van der Waals surface area (Å²) < 4.78 is 0. The Balaban J connectivity index is 1.82. The predicted molar refractivity (Wildman–Crippen MR) is 61.2 cm³/mol. The number of benzene rings is 1. The summed E-state index contributed by atoms with van der Waals surface area (Å²) in [5, 5.41) is 0. The van der Waals surface area contributed by atoms with Gasteiger partial charge in [-0.1, -0.05) is 43.2 Å². The zero-order chi connectivity index (χ0) is 10.1. The van der Waals surface area contributed by atoms with Gasteiger partial charge in [0.1, 0.15) is 0 Å². The van der Waals surface area contributed by atoms with Gasteiger partial charge in [-0.15, -0.1) is 0 Å². The van der Waals surface area contributed by atoms with Gasteiger partial charge in [-0.2, -0.15) is 0 Å². The van der Waals surface area contributed by atoms with Crippen LogP contribution in [0.15, 0.2) is 30.3 Å². The number of hydrazine groups is 1. The van der Waals surface area contributed by atoms with Crippen molar-refractivity contribution in [3.63, 3.8) is 0 Å². The Hall–Kier alpha value is -0.860. The molecule has 0 amide bonds. The molecule has 2 N–H and O–H groups in total. The van der Waals surface area contributed by atoms with E-state index < -0.39 is 0 Å². The quantitative estimate of drug-likeness (QED) is 0.730. The first-order valence-electron chi connectivity index (χ1n) is 6.01. The molecule has 1 aliphatic carbocycles. The molecule has 0 spiro atoms. The van der Waals surface area contributed by atoms with Crippen molar-refractivity contribution in [2.45, 2.75) is 37.8 Å². The summed E-state index contributed by atoms with van der Waals surface area (Å²) in [6.45, 7) is 0. The summed E-state index contributed by atoms with van der Waals surface area (Å²) in [6, 6.07) is 12.0. The van der Waals surface area contributed by atoms with E-state index in [4.69, 9.17) is 0 Å². The summed E-state index contributed by atoms with van der Waals surface area (Å²) in [6.07, 6.45) is 5.48. The SMILES string of the molecule is c1ccc(C2NNC3CCCCC32)cc1. The van der Waals surface area contributed by atoms with Gasteiger partial charge in [0.15, 0.2) is 0 Å². The number of hydrogen-bond donors (Lipinski definition) is 2. The van der Waals surface area contributed by atoms with Crippen molar-refractivity contribution < 1.29 is 0 Å². The molecular formula is C13H18N2. The van der Waals surface area contributed by atoms with Gasteiger partial charge >= 0.3 is 0 Å². The van der Waals surface area contributed by atoms with Crippen molar-refractivity contribution in [3.8, 4) is 0 Å². The molecule has 0 aromatic heterocycles. The highest BCUT2D eigenvalue weighted by Gasteiger charge is 2.37. The van der Waals surface area contributed by atoms with E-state index in [1.54, 1.807) is 0 Å². The lowest BCUT2D eigenvalue weighted by molar-refractivity contribution is 0.307. The van der Waals surface area contributed by atoms with Crippen LogP contribution in [0.1, 0.15) is 37.3 Å². The van der Waals surface area contributed by atoms with Crippen LogP contribution in [-0.4, -0.2) is 6.04 Å². The van der Waals surface area contributed by atoms with E-state index in [-0.39, 0.29) is 0 Å². The summed E-state index contributed by atoms with van der Waals surface area (Å²) >= 11 is 0. The molecule has 1 aliphatic heterocycles. The molecule has 1 saturated heterocycles. The third-order valence-corrected chi connectivity index (χ3v) is 3.83. The van der Waals surface area contributed by atoms with Crippen LogP contribution in [0.2, 0.25) is 0 Å². The maximum Gasteiger partial charge on any atom is 0.0505 e. The highest BCUT2D eigenvalue weighted by atomic mass is 15.4. The van der Waals surface area contributed by atoms with Crippen molar-refractivity contribution in [1.29, 1.82) is 0 Å². The minimum Gasteiger partial charge on any atom is -0.254 e. The van der Waals surface area contributed by atoms with Crippen molar-refractivity contribution in [3.05, 3.63) is 35.9 Å². The lowest BCUT2D eigenvalue weighted by Gasteiger charge is -2.27. The first-order chi connectivity index (χ1) is 7.45. The monoisotopic (exact) mass is 202 g/mol. The molecule has 0 radical (unpaired) electrons. The van der Waals surface area contributed by atoms with E-state index in [1.807, 2.05) is 0 Å². The van der Waals surface area contributed by atoms with Crippen LogP contribution in [0.5, 0.6) is 0 Å². The third kappa shape index (κ3) is 1.68. The van der Waals surface area contributed by atoms with E-state index in [9.17, 15) is 0 Å². The number of fused-ring (bicyclic) bond motifs is 1. The van der Waals surface area contributed by atoms with E-state index in [0.717, 1.165) is 5.92 Å². The fraction of sp³-hybridized carbons (Fsp3) is 0.538. The number of nitrogens with one attached hydrogen (secondary N) is 2. The topological polar surface area (TPSA) is 24.1 Å². The molecule has 1 saturated carbocycles. The van der Waals surface area contributed by atoms with E-state index in [1.165, 1.54) is 31.2 Å². The molecular weight excluding hydrogens is 184 g/mol. The molecule has 1 aromatic carbocycles. The molecule has 0 bridgehead atoms. The fourth-order valence-corrected chi connectivity index (χ4v) is 3.03. The average molecular weight is 202 g/mol. The fourth-order valence-electron chi connectivity index (χ4n) is 3.03. The second-order valence-electron chi connectivity index (χ2n) is 4.73. The summed E-state index contributed by atoms with van der Waals surface area (Å²) in [5.74, 6) is 0.793. The Kier molecular flexibility index (Phi) is 2.47. The van der Waals surface area contributed by atoms with Crippen molar-refractivity contribution in [2.24, 2.45) is 5.92 Å². The highest BCUT2D eigenvalue weighted by molar-refractivity contribution is 5.21. The van der Waals surface area contributed by atoms with E-state index >= 15 is 0 Å². The standard InChI is InChI=1S/C13H18N2/c1-2-6-10(7-3-1)13-11-8-4-5-9-12(11)14-15-13/h1-3,6-7,11-15H,4-5,8-9H2. The molecule has 3 rings (SSSR count). The average Bonchev–Trinajstić information content (AvgIpc) is 2.74. The van der Waals surface area contributed by atoms with Gasteiger partial charge in [0, 0.05) is 6.04 Å². The Labute approximate surface area is 91.0 Å². The van der Waals surface area contributed by atoms with Crippen molar-refractivity contribution in [1.82, 2.24) is 10.9 Å². The van der Waals surface area contributed by atoms with Crippen molar-refractivity contribution >= 4 is 0 Å². The van der Waals surface area contributed by atoms with Crippen LogP contribution >= 0.6 is 0 Å². The molecule has 1 aromatic rings. The molecule has 1 heterocycles. The number of rotatable bonds is 1. The lowest BCUT2D eigenvalue weighted by Crippen LogP contribution is -2.33. The van der Waals surface area contributed by atoms with Gasteiger partial charge in [0.2, 0.25) is 0 Å². The predicted octanol–water partition coefficient (Wildman–Crippen LogP) is 2.39.